The quantitative estimate of drug-likeness (QED) is 0.787. The van der Waals surface area contributed by atoms with E-state index in [0.29, 0.717) is 5.56 Å². The van der Waals surface area contributed by atoms with E-state index in [0.717, 1.165) is 16.5 Å². The third-order valence-electron chi connectivity index (χ3n) is 2.47. The average Bonchev–Trinajstić information content (AvgIpc) is 2.28. The van der Waals surface area contributed by atoms with Gasteiger partial charge in [-0.25, -0.2) is 0 Å². The van der Waals surface area contributed by atoms with E-state index >= 15 is 0 Å². The van der Waals surface area contributed by atoms with Crippen LogP contribution in [-0.2, 0) is 6.61 Å². The summed E-state index contributed by atoms with van der Waals surface area (Å²) < 4.78 is 5.10. The van der Waals surface area contributed by atoms with E-state index in [4.69, 9.17) is 9.84 Å². The minimum Gasteiger partial charge on any atom is -0.508 e. The lowest BCUT2D eigenvalue weighted by Crippen LogP contribution is -1.88. The Kier molecular flexibility index (Phi) is 2.47. The molecule has 0 saturated heterocycles. The van der Waals surface area contributed by atoms with Crippen molar-refractivity contribution < 1.29 is 14.9 Å². The maximum absolute atomic E-state index is 9.54. The predicted molar refractivity (Wildman–Crippen MR) is 58.1 cm³/mol. The summed E-state index contributed by atoms with van der Waals surface area (Å²) in [6.07, 6.45) is 0. The number of aromatic hydroxyl groups is 1. The Hall–Kier alpha value is -1.74. The van der Waals surface area contributed by atoms with Gasteiger partial charge in [0.2, 0.25) is 0 Å². The minimum absolute atomic E-state index is 0.121. The van der Waals surface area contributed by atoms with Gasteiger partial charge in [-0.15, -0.1) is 0 Å². The Morgan fingerprint density at radius 3 is 2.67 bits per heavy atom. The number of fused-ring (bicyclic) bond motifs is 1. The standard InChI is InChI=1S/C12H12O3/c1-15-9-3-4-10-8(6-9)2-5-12(14)11(10)7-13/h2-6,13-14H,7H2,1H3. The van der Waals surface area contributed by atoms with Crippen molar-refractivity contribution in [3.8, 4) is 11.5 Å². The van der Waals surface area contributed by atoms with Crippen molar-refractivity contribution in [2.24, 2.45) is 0 Å². The lowest BCUT2D eigenvalue weighted by atomic mass is 10.0. The normalized spacial score (nSPS) is 10.5. The zero-order valence-electron chi connectivity index (χ0n) is 8.40. The molecule has 0 aromatic heterocycles. The molecule has 78 valence electrons. The van der Waals surface area contributed by atoms with Crippen LogP contribution in [-0.4, -0.2) is 17.3 Å². The van der Waals surface area contributed by atoms with Gasteiger partial charge in [0.15, 0.2) is 0 Å². The molecular formula is C12H12O3. The summed E-state index contributed by atoms with van der Waals surface area (Å²) in [7, 11) is 1.61. The van der Waals surface area contributed by atoms with E-state index < -0.39 is 0 Å². The van der Waals surface area contributed by atoms with Gasteiger partial charge in [-0.05, 0) is 29.0 Å². The average molecular weight is 204 g/mol. The molecule has 3 nitrogen and oxygen atoms in total. The van der Waals surface area contributed by atoms with Crippen molar-refractivity contribution >= 4 is 10.8 Å². The molecule has 15 heavy (non-hydrogen) atoms. The molecule has 0 atom stereocenters. The molecule has 0 radical (unpaired) electrons. The maximum atomic E-state index is 9.54. The van der Waals surface area contributed by atoms with Gasteiger partial charge in [-0.1, -0.05) is 12.1 Å². The number of ether oxygens (including phenoxy) is 1. The van der Waals surface area contributed by atoms with Gasteiger partial charge in [-0.2, -0.15) is 0 Å². The SMILES string of the molecule is COc1ccc2c(CO)c(O)ccc2c1. The van der Waals surface area contributed by atoms with Crippen molar-refractivity contribution in [2.75, 3.05) is 7.11 Å². The highest BCUT2D eigenvalue weighted by Crippen LogP contribution is 2.29. The Labute approximate surface area is 87.5 Å². The molecule has 2 N–H and O–H groups in total. The van der Waals surface area contributed by atoms with Gasteiger partial charge in [0.25, 0.3) is 0 Å². The van der Waals surface area contributed by atoms with E-state index in [1.54, 1.807) is 25.3 Å². The third-order valence-corrected chi connectivity index (χ3v) is 2.47. The van der Waals surface area contributed by atoms with Crippen molar-refractivity contribution in [1.29, 1.82) is 0 Å². The van der Waals surface area contributed by atoms with Gasteiger partial charge in [-0.3, -0.25) is 0 Å². The molecule has 0 saturated carbocycles. The molecule has 0 bridgehead atoms. The Bertz CT molecular complexity index is 491. The summed E-state index contributed by atoms with van der Waals surface area (Å²) in [4.78, 5) is 0. The molecule has 0 spiro atoms. The number of rotatable bonds is 2. The second kappa shape index (κ2) is 3.79. The molecule has 0 aliphatic carbocycles. The monoisotopic (exact) mass is 204 g/mol. The van der Waals surface area contributed by atoms with Crippen molar-refractivity contribution in [1.82, 2.24) is 0 Å². The van der Waals surface area contributed by atoms with Gasteiger partial charge >= 0.3 is 0 Å². The molecule has 2 aromatic rings. The second-order valence-corrected chi connectivity index (χ2v) is 3.31. The molecule has 0 fully saturated rings. The molecule has 0 aliphatic heterocycles. The summed E-state index contributed by atoms with van der Waals surface area (Å²) in [6, 6.07) is 8.88. The number of benzene rings is 2. The smallest absolute Gasteiger partial charge is 0.121 e. The zero-order chi connectivity index (χ0) is 10.8. The number of methoxy groups -OCH3 is 1. The zero-order valence-corrected chi connectivity index (χ0v) is 8.40. The van der Waals surface area contributed by atoms with Crippen LogP contribution in [0.15, 0.2) is 30.3 Å². The van der Waals surface area contributed by atoms with Crippen molar-refractivity contribution in [2.45, 2.75) is 6.61 Å². The Morgan fingerprint density at radius 1 is 1.20 bits per heavy atom. The molecule has 2 aromatic carbocycles. The Balaban J connectivity index is 2.72. The number of hydrogen-bond acceptors (Lipinski definition) is 3. The van der Waals surface area contributed by atoms with E-state index in [1.165, 1.54) is 0 Å². The number of hydrogen-bond donors (Lipinski definition) is 2. The van der Waals surface area contributed by atoms with Gasteiger partial charge in [0, 0.05) is 5.56 Å². The van der Waals surface area contributed by atoms with Crippen molar-refractivity contribution in [3.05, 3.63) is 35.9 Å². The van der Waals surface area contributed by atoms with Crippen LogP contribution in [0.5, 0.6) is 11.5 Å². The lowest BCUT2D eigenvalue weighted by molar-refractivity contribution is 0.277. The molecule has 0 unspecified atom stereocenters. The highest BCUT2D eigenvalue weighted by atomic mass is 16.5. The fraction of sp³-hybridized carbons (Fsp3) is 0.167. The van der Waals surface area contributed by atoms with Crippen LogP contribution in [0.25, 0.3) is 10.8 Å². The summed E-state index contributed by atoms with van der Waals surface area (Å²) in [5, 5.41) is 20.5. The van der Waals surface area contributed by atoms with Crippen LogP contribution >= 0.6 is 0 Å². The first-order valence-corrected chi connectivity index (χ1v) is 4.65. The number of aliphatic hydroxyl groups is 1. The number of aliphatic hydroxyl groups excluding tert-OH is 1. The molecular weight excluding hydrogens is 192 g/mol. The van der Waals surface area contributed by atoms with Crippen molar-refractivity contribution in [3.63, 3.8) is 0 Å². The minimum atomic E-state index is -0.171. The molecule has 0 aliphatic rings. The lowest BCUT2D eigenvalue weighted by Gasteiger charge is -2.07. The topological polar surface area (TPSA) is 49.7 Å². The van der Waals surface area contributed by atoms with E-state index in [-0.39, 0.29) is 12.4 Å². The van der Waals surface area contributed by atoms with E-state index in [1.807, 2.05) is 12.1 Å². The van der Waals surface area contributed by atoms with Crippen LogP contribution in [0.4, 0.5) is 0 Å². The first-order valence-electron chi connectivity index (χ1n) is 4.65. The van der Waals surface area contributed by atoms with E-state index in [9.17, 15) is 5.11 Å². The van der Waals surface area contributed by atoms with E-state index in [2.05, 4.69) is 0 Å². The van der Waals surface area contributed by atoms with Gasteiger partial charge in [0.1, 0.15) is 11.5 Å². The van der Waals surface area contributed by atoms with Crippen LogP contribution in [0.2, 0.25) is 0 Å². The summed E-state index contributed by atoms with van der Waals surface area (Å²) >= 11 is 0. The van der Waals surface area contributed by atoms with Crippen LogP contribution in [0.3, 0.4) is 0 Å². The van der Waals surface area contributed by atoms with Crippen LogP contribution < -0.4 is 4.74 Å². The molecule has 0 amide bonds. The first-order chi connectivity index (χ1) is 7.26. The molecule has 0 heterocycles. The fourth-order valence-electron chi connectivity index (χ4n) is 1.65. The second-order valence-electron chi connectivity index (χ2n) is 3.31. The van der Waals surface area contributed by atoms with Crippen LogP contribution in [0, 0.1) is 0 Å². The Morgan fingerprint density at radius 2 is 2.00 bits per heavy atom. The summed E-state index contributed by atoms with van der Waals surface area (Å²) in [5.74, 6) is 0.882. The highest BCUT2D eigenvalue weighted by molar-refractivity contribution is 5.88. The number of phenols is 1. The van der Waals surface area contributed by atoms with Gasteiger partial charge in [0.05, 0.1) is 13.7 Å². The predicted octanol–water partition coefficient (Wildman–Crippen LogP) is 2.05. The first kappa shape index (κ1) is 9.80. The largest absolute Gasteiger partial charge is 0.508 e. The maximum Gasteiger partial charge on any atom is 0.121 e. The fourth-order valence-corrected chi connectivity index (χ4v) is 1.65. The third kappa shape index (κ3) is 1.62. The highest BCUT2D eigenvalue weighted by Gasteiger charge is 2.06. The summed E-state index contributed by atoms with van der Waals surface area (Å²) in [5.41, 5.74) is 0.551. The van der Waals surface area contributed by atoms with Gasteiger partial charge < -0.3 is 14.9 Å². The van der Waals surface area contributed by atoms with Crippen LogP contribution in [0.1, 0.15) is 5.56 Å². The molecule has 2 rings (SSSR count). The molecule has 3 heteroatoms. The summed E-state index contributed by atoms with van der Waals surface area (Å²) in [6.45, 7) is -0.171.